The maximum Gasteiger partial charge on any atom is 0.0637 e. The third kappa shape index (κ3) is 7.94. The highest BCUT2D eigenvalue weighted by Gasteiger charge is 2.11. The summed E-state index contributed by atoms with van der Waals surface area (Å²) in [6, 6.07) is 21.8. The van der Waals surface area contributed by atoms with E-state index in [1.165, 1.54) is 36.3 Å². The number of anilines is 2. The Hall–Kier alpha value is -3.28. The molecule has 0 heterocycles. The molecular weight excluding hydrogens is 452 g/mol. The molecule has 2 aromatic rings. The zero-order valence-corrected chi connectivity index (χ0v) is 21.6. The summed E-state index contributed by atoms with van der Waals surface area (Å²) in [4.78, 5) is 5.59. The smallest absolute Gasteiger partial charge is 0.0637 e. The van der Waals surface area contributed by atoms with Crippen molar-refractivity contribution >= 4 is 46.4 Å². The summed E-state index contributed by atoms with van der Waals surface area (Å²) in [5.74, 6) is 9.70. The Morgan fingerprint density at radius 3 is 1.85 bits per heavy atom. The van der Waals surface area contributed by atoms with Crippen molar-refractivity contribution in [2.24, 2.45) is 0 Å². The molecule has 0 fully saturated rings. The van der Waals surface area contributed by atoms with Gasteiger partial charge >= 0.3 is 0 Å². The van der Waals surface area contributed by atoms with Crippen LogP contribution in [0.3, 0.4) is 0 Å². The molecule has 0 N–H and O–H groups in total. The molecule has 0 aliphatic carbocycles. The Morgan fingerprint density at radius 2 is 1.32 bits per heavy atom. The zero-order chi connectivity index (χ0) is 24.8. The number of benzene rings is 2. The van der Waals surface area contributed by atoms with Crippen molar-refractivity contribution in [2.75, 3.05) is 22.9 Å². The van der Waals surface area contributed by atoms with E-state index in [9.17, 15) is 0 Å². The fraction of sp³-hybridized carbons (Fsp3) is 0.267. The Bertz CT molecular complexity index is 1150. The molecule has 4 heteroatoms. The maximum absolute atomic E-state index is 5.25. The molecule has 34 heavy (non-hydrogen) atoms. The van der Waals surface area contributed by atoms with E-state index >= 15 is 0 Å². The van der Waals surface area contributed by atoms with Crippen molar-refractivity contribution in [3.63, 3.8) is 0 Å². The van der Waals surface area contributed by atoms with Crippen molar-refractivity contribution in [1.29, 1.82) is 0 Å². The average molecular weight is 483 g/mol. The standard InChI is InChI=1S/C30H30N2S2/c1-5-9-20-31(21-10-6-2)27-18-16-25(17-19-27)29(33)30(34)26-14-13-15-28(24-26)32(22-11-7-3)23-12-8-4/h1-2,13-19,24,33-34H,7-8,11-12,22-23H2,3-4H3. The van der Waals surface area contributed by atoms with E-state index < -0.39 is 0 Å². The number of nitrogens with zero attached hydrogens (tertiary/aromatic N) is 2. The van der Waals surface area contributed by atoms with Crippen LogP contribution >= 0.6 is 25.3 Å². The van der Waals surface area contributed by atoms with Gasteiger partial charge in [0, 0.05) is 52.5 Å². The summed E-state index contributed by atoms with van der Waals surface area (Å²) >= 11 is 9.62. The van der Waals surface area contributed by atoms with E-state index in [-0.39, 0.29) is 0 Å². The molecule has 0 aromatic heterocycles. The van der Waals surface area contributed by atoms with Crippen LogP contribution in [-0.2, 0) is 0 Å². The van der Waals surface area contributed by atoms with Gasteiger partial charge in [-0.2, -0.15) is 0 Å². The van der Waals surface area contributed by atoms with Gasteiger partial charge in [-0.3, -0.25) is 0 Å². The molecule has 0 aliphatic heterocycles. The summed E-state index contributed by atoms with van der Waals surface area (Å²) in [6.07, 6.45) is 15.2. The molecule has 0 bridgehead atoms. The molecule has 0 unspecified atom stereocenters. The van der Waals surface area contributed by atoms with Crippen LogP contribution in [0.25, 0.3) is 9.81 Å². The van der Waals surface area contributed by atoms with Crippen molar-refractivity contribution in [3.8, 4) is 48.6 Å². The van der Waals surface area contributed by atoms with E-state index in [1.54, 1.807) is 0 Å². The summed E-state index contributed by atoms with van der Waals surface area (Å²) < 4.78 is 0. The summed E-state index contributed by atoms with van der Waals surface area (Å²) in [5.41, 5.74) is 3.96. The molecule has 0 saturated carbocycles. The first-order chi connectivity index (χ1) is 16.5. The molecule has 0 aliphatic rings. The average Bonchev–Trinajstić information content (AvgIpc) is 2.88. The van der Waals surface area contributed by atoms with Crippen LogP contribution in [0.1, 0.15) is 50.7 Å². The third-order valence-corrected chi connectivity index (χ3v) is 6.29. The van der Waals surface area contributed by atoms with Crippen LogP contribution in [0, 0.1) is 48.6 Å². The first kappa shape index (κ1) is 27.0. The highest BCUT2D eigenvalue weighted by atomic mass is 32.1. The minimum atomic E-state index is 0.764. The van der Waals surface area contributed by atoms with Gasteiger partial charge in [-0.1, -0.05) is 51.0 Å². The topological polar surface area (TPSA) is 6.48 Å². The van der Waals surface area contributed by atoms with Crippen LogP contribution < -0.4 is 9.80 Å². The van der Waals surface area contributed by atoms with Gasteiger partial charge in [-0.15, -0.1) is 38.1 Å². The van der Waals surface area contributed by atoms with E-state index in [0.717, 1.165) is 39.7 Å². The number of terminal acetylenes is 2. The van der Waals surface area contributed by atoms with Gasteiger partial charge in [-0.25, -0.2) is 4.90 Å². The molecule has 0 amide bonds. The number of thiol groups is 2. The van der Waals surface area contributed by atoms with Crippen molar-refractivity contribution in [1.82, 2.24) is 0 Å². The lowest BCUT2D eigenvalue weighted by Crippen LogP contribution is -2.25. The first-order valence-corrected chi connectivity index (χ1v) is 12.3. The Morgan fingerprint density at radius 1 is 0.765 bits per heavy atom. The summed E-state index contributed by atoms with van der Waals surface area (Å²) in [7, 11) is 0. The maximum atomic E-state index is 5.25. The summed E-state index contributed by atoms with van der Waals surface area (Å²) in [5, 5.41) is 0. The highest BCUT2D eigenvalue weighted by Crippen LogP contribution is 2.34. The molecular formula is C30H30N2S2. The fourth-order valence-electron chi connectivity index (χ4n) is 3.29. The second kappa shape index (κ2) is 14.8. The second-order valence-corrected chi connectivity index (χ2v) is 8.48. The highest BCUT2D eigenvalue weighted by molar-refractivity contribution is 7.96. The minimum Gasteiger partial charge on any atom is -0.372 e. The lowest BCUT2D eigenvalue weighted by Gasteiger charge is -2.25. The van der Waals surface area contributed by atoms with Crippen molar-refractivity contribution in [3.05, 3.63) is 59.7 Å². The SMILES string of the molecule is C#CC#CN(C#CC#C)c1ccc(C(S)=C(S)c2cccc(N(CCCC)CCCC)c2)cc1. The normalized spacial score (nSPS) is 10.4. The van der Waals surface area contributed by atoms with E-state index in [2.05, 4.69) is 78.8 Å². The van der Waals surface area contributed by atoms with Gasteiger partial charge in [-0.05, 0) is 60.1 Å². The Kier molecular flexibility index (Phi) is 11.7. The molecule has 0 spiro atoms. The monoisotopic (exact) mass is 482 g/mol. The Balaban J connectivity index is 2.34. The van der Waals surface area contributed by atoms with Gasteiger partial charge < -0.3 is 4.90 Å². The number of hydrogen-bond donors (Lipinski definition) is 2. The molecule has 2 rings (SSSR count). The van der Waals surface area contributed by atoms with E-state index in [0.29, 0.717) is 0 Å². The van der Waals surface area contributed by atoms with E-state index in [4.69, 9.17) is 38.1 Å². The van der Waals surface area contributed by atoms with Gasteiger partial charge in [0.15, 0.2) is 0 Å². The van der Waals surface area contributed by atoms with Gasteiger partial charge in [0.05, 0.1) is 5.69 Å². The molecule has 0 atom stereocenters. The second-order valence-electron chi connectivity index (χ2n) is 7.59. The van der Waals surface area contributed by atoms with Crippen LogP contribution in [0.2, 0.25) is 0 Å². The van der Waals surface area contributed by atoms with Crippen LogP contribution in [0.15, 0.2) is 48.5 Å². The Labute approximate surface area is 216 Å². The lowest BCUT2D eigenvalue weighted by atomic mass is 10.1. The first-order valence-electron chi connectivity index (χ1n) is 11.4. The molecule has 0 saturated heterocycles. The summed E-state index contributed by atoms with van der Waals surface area (Å²) in [6.45, 7) is 6.57. The van der Waals surface area contributed by atoms with Crippen molar-refractivity contribution < 1.29 is 0 Å². The fourth-order valence-corrected chi connectivity index (χ4v) is 3.84. The molecule has 2 nitrogen and oxygen atoms in total. The molecule has 172 valence electrons. The zero-order valence-electron chi connectivity index (χ0n) is 19.8. The number of unbranched alkanes of at least 4 members (excludes halogenated alkanes) is 2. The molecule has 2 aromatic carbocycles. The largest absolute Gasteiger partial charge is 0.372 e. The number of hydrogen-bond acceptors (Lipinski definition) is 4. The number of rotatable bonds is 10. The predicted molar refractivity (Wildman–Crippen MR) is 155 cm³/mol. The van der Waals surface area contributed by atoms with Crippen LogP contribution in [0.5, 0.6) is 0 Å². The van der Waals surface area contributed by atoms with Gasteiger partial charge in [0.25, 0.3) is 0 Å². The third-order valence-electron chi connectivity index (χ3n) is 5.15. The van der Waals surface area contributed by atoms with Gasteiger partial charge in [0.2, 0.25) is 0 Å². The van der Waals surface area contributed by atoms with Crippen molar-refractivity contribution in [2.45, 2.75) is 39.5 Å². The quantitative estimate of drug-likeness (QED) is 0.167. The van der Waals surface area contributed by atoms with Crippen LogP contribution in [0.4, 0.5) is 11.4 Å². The molecule has 0 radical (unpaired) electrons. The van der Waals surface area contributed by atoms with Crippen LogP contribution in [-0.4, -0.2) is 13.1 Å². The minimum absolute atomic E-state index is 0.764. The predicted octanol–water partition coefficient (Wildman–Crippen LogP) is 6.77. The van der Waals surface area contributed by atoms with Gasteiger partial charge in [0.1, 0.15) is 0 Å². The lowest BCUT2D eigenvalue weighted by molar-refractivity contribution is 0.678. The van der Waals surface area contributed by atoms with E-state index in [1.807, 2.05) is 24.3 Å².